The number of benzene rings is 1. The summed E-state index contributed by atoms with van der Waals surface area (Å²) in [6.45, 7) is 31.1. The number of carboxylic acids is 1. The van der Waals surface area contributed by atoms with Gasteiger partial charge in [0, 0.05) is 5.57 Å². The number of hydrogen-bond acceptors (Lipinski definition) is 16. The highest BCUT2D eigenvalue weighted by Gasteiger charge is 2.52. The van der Waals surface area contributed by atoms with Gasteiger partial charge in [-0.1, -0.05) is 71.5 Å². The van der Waals surface area contributed by atoms with E-state index in [4.69, 9.17) is 28.8 Å². The first-order valence-corrected chi connectivity index (χ1v) is 22.9. The highest BCUT2D eigenvalue weighted by Crippen LogP contribution is 2.43. The van der Waals surface area contributed by atoms with Crippen molar-refractivity contribution in [2.75, 3.05) is 47.8 Å². The number of aliphatic hydroxyl groups excluding tert-OH is 1. The summed E-state index contributed by atoms with van der Waals surface area (Å²) in [5.41, 5.74) is -2.23. The number of carboxylic acid groups (broad SMARTS) is 1. The van der Waals surface area contributed by atoms with E-state index in [-0.39, 0.29) is 66.7 Å². The number of aliphatic carboxylic acids is 1. The molecule has 1 saturated heterocycles. The van der Waals surface area contributed by atoms with Crippen LogP contribution in [0, 0.1) is 32.5 Å². The number of carbonyl (C=O) groups is 7. The van der Waals surface area contributed by atoms with E-state index < -0.39 is 45.7 Å². The van der Waals surface area contributed by atoms with Crippen LogP contribution in [0.5, 0.6) is 0 Å². The summed E-state index contributed by atoms with van der Waals surface area (Å²) in [7, 11) is 4.01. The molecule has 1 fully saturated rings. The second-order valence-electron chi connectivity index (χ2n) is 19.3. The van der Waals surface area contributed by atoms with Crippen LogP contribution in [0.2, 0.25) is 0 Å². The number of esters is 5. The molecule has 68 heavy (non-hydrogen) atoms. The van der Waals surface area contributed by atoms with Crippen molar-refractivity contribution in [3.8, 4) is 0 Å². The SMILES string of the molecule is C=C(C)C(=O)OCC(O)COC(=O)C(C)(C)CC.CCC(C)(C)C(=O)O.CCC(C)(C)C(=O)OC.CCC(C)(C)C(=O)OCc1ccccc1.CCC1(C(=O)OC)COCC(C)(C(=O)OOC)C1. The van der Waals surface area contributed by atoms with Crippen LogP contribution in [0.4, 0.5) is 0 Å². The molecular weight excluding hydrogens is 885 g/mol. The zero-order valence-electron chi connectivity index (χ0n) is 44.5. The van der Waals surface area contributed by atoms with Crippen molar-refractivity contribution in [1.82, 2.24) is 0 Å². The molecule has 0 radical (unpaired) electrons. The van der Waals surface area contributed by atoms with Crippen molar-refractivity contribution in [2.24, 2.45) is 32.5 Å². The Kier molecular flexibility index (Phi) is 31.8. The first-order valence-electron chi connectivity index (χ1n) is 22.9. The third-order valence-electron chi connectivity index (χ3n) is 11.8. The second-order valence-corrected chi connectivity index (χ2v) is 19.3. The number of hydrogen-bond donors (Lipinski definition) is 2. The zero-order chi connectivity index (χ0) is 53.7. The van der Waals surface area contributed by atoms with Crippen LogP contribution in [-0.4, -0.2) is 106 Å². The Morgan fingerprint density at radius 1 is 0.676 bits per heavy atom. The summed E-state index contributed by atoms with van der Waals surface area (Å²) in [4.78, 5) is 88.1. The fraction of sp³-hybridized carbons (Fsp3) is 0.706. The predicted octanol–water partition coefficient (Wildman–Crippen LogP) is 8.80. The average Bonchev–Trinajstić information content (AvgIpc) is 3.31. The van der Waals surface area contributed by atoms with E-state index in [2.05, 4.69) is 21.1 Å². The third-order valence-corrected chi connectivity index (χ3v) is 11.8. The fourth-order valence-electron chi connectivity index (χ4n) is 4.84. The van der Waals surface area contributed by atoms with Gasteiger partial charge in [-0.25, -0.2) is 9.59 Å². The van der Waals surface area contributed by atoms with E-state index in [0.29, 0.717) is 32.3 Å². The van der Waals surface area contributed by atoms with Gasteiger partial charge in [0.25, 0.3) is 0 Å². The first-order chi connectivity index (χ1) is 31.2. The molecule has 2 N–H and O–H groups in total. The quantitative estimate of drug-likeness (QED) is 0.0433. The lowest BCUT2D eigenvalue weighted by Gasteiger charge is -2.41. The molecule has 1 aliphatic heterocycles. The summed E-state index contributed by atoms with van der Waals surface area (Å²) in [6, 6.07) is 9.72. The Bertz CT molecular complexity index is 1720. The van der Waals surface area contributed by atoms with Gasteiger partial charge >= 0.3 is 41.8 Å². The molecule has 17 nitrogen and oxygen atoms in total. The molecule has 17 heteroatoms. The molecule has 0 amide bonds. The van der Waals surface area contributed by atoms with Gasteiger partial charge in [0.2, 0.25) is 0 Å². The summed E-state index contributed by atoms with van der Waals surface area (Å²) < 4.78 is 29.7. The summed E-state index contributed by atoms with van der Waals surface area (Å²) in [6.07, 6.45) is 2.78. The molecule has 0 bridgehead atoms. The molecule has 3 unspecified atom stereocenters. The highest BCUT2D eigenvalue weighted by atomic mass is 17.2. The third kappa shape index (κ3) is 24.9. The smallest absolute Gasteiger partial charge is 0.350 e. The first kappa shape index (κ1) is 67.4. The van der Waals surface area contributed by atoms with Gasteiger partial charge in [-0.15, -0.1) is 0 Å². The molecular formula is C51H86O17. The van der Waals surface area contributed by atoms with Crippen molar-refractivity contribution in [2.45, 2.75) is 155 Å². The Morgan fingerprint density at radius 3 is 1.50 bits per heavy atom. The molecule has 1 aromatic rings. The number of ether oxygens (including phenoxy) is 6. The van der Waals surface area contributed by atoms with Crippen LogP contribution in [0.3, 0.4) is 0 Å². The molecule has 0 spiro atoms. The molecule has 392 valence electrons. The standard InChI is InChI=1S/C13H22O5.C13H18O2.C12H20O6.C7H14O2.C6H12O2/c1-6-13(4,5)12(16)18-8-10(14)7-17-11(15)9(2)3;1-4-13(2,3)12(14)15-10-11-8-6-5-7-9-11;1-5-12(10(14)15-3)6-11(2,7-17-8-12)9(13)18-16-4;1-5-7(2,3)6(8)9-4;1-4-6(2,3)5(7)8/h10,14H,2,6-8H2,1,3-5H3;5-9H,4,10H2,1-3H3;5-8H2,1-4H3;5H2,1-4H3;4H2,1-3H3,(H,7,8). The van der Waals surface area contributed by atoms with Gasteiger partial charge < -0.3 is 38.6 Å². The minimum Gasteiger partial charge on any atom is -0.481 e. The minimum absolute atomic E-state index is 0.131. The van der Waals surface area contributed by atoms with Crippen LogP contribution in [0.15, 0.2) is 42.5 Å². The normalized spacial score (nSPS) is 17.0. The molecule has 3 atom stereocenters. The summed E-state index contributed by atoms with van der Waals surface area (Å²) in [5, 5.41) is 17.9. The van der Waals surface area contributed by atoms with Crippen molar-refractivity contribution in [3.05, 3.63) is 48.0 Å². The monoisotopic (exact) mass is 971 g/mol. The van der Waals surface area contributed by atoms with Crippen LogP contribution in [0.25, 0.3) is 0 Å². The zero-order valence-corrected chi connectivity index (χ0v) is 44.5. The minimum atomic E-state index is -1.02. The number of methoxy groups -OCH3 is 2. The Labute approximate surface area is 406 Å². The fourth-order valence-corrected chi connectivity index (χ4v) is 4.84. The summed E-state index contributed by atoms with van der Waals surface area (Å²) >= 11 is 0. The molecule has 1 aromatic carbocycles. The molecule has 0 aliphatic carbocycles. The maximum absolute atomic E-state index is 11.9. The lowest BCUT2D eigenvalue weighted by atomic mass is 9.69. The van der Waals surface area contributed by atoms with Gasteiger partial charge in [0.05, 0.1) is 67.0 Å². The molecule has 2 rings (SSSR count). The van der Waals surface area contributed by atoms with Gasteiger partial charge in [0.15, 0.2) is 0 Å². The highest BCUT2D eigenvalue weighted by molar-refractivity contribution is 5.87. The number of carbonyl (C=O) groups excluding carboxylic acids is 6. The van der Waals surface area contributed by atoms with E-state index in [1.807, 2.05) is 92.6 Å². The topological polar surface area (TPSA) is 234 Å². The van der Waals surface area contributed by atoms with Crippen LogP contribution < -0.4 is 0 Å². The van der Waals surface area contributed by atoms with E-state index in [0.717, 1.165) is 18.4 Å². The molecule has 0 aromatic heterocycles. The molecule has 1 aliphatic rings. The number of rotatable bonds is 19. The average molecular weight is 971 g/mol. The van der Waals surface area contributed by atoms with Gasteiger partial charge in [0.1, 0.15) is 25.9 Å². The maximum atomic E-state index is 11.9. The van der Waals surface area contributed by atoms with Gasteiger partial charge in [-0.05, 0) is 113 Å². The lowest BCUT2D eigenvalue weighted by Crippen LogP contribution is -2.50. The predicted molar refractivity (Wildman–Crippen MR) is 256 cm³/mol. The van der Waals surface area contributed by atoms with E-state index in [9.17, 15) is 38.7 Å². The van der Waals surface area contributed by atoms with Crippen molar-refractivity contribution >= 4 is 41.8 Å². The lowest BCUT2D eigenvalue weighted by molar-refractivity contribution is -0.270. The largest absolute Gasteiger partial charge is 0.481 e. The van der Waals surface area contributed by atoms with Crippen molar-refractivity contribution < 1.29 is 82.0 Å². The molecule has 1 heterocycles. The Balaban J connectivity index is -0.000000803. The van der Waals surface area contributed by atoms with Crippen LogP contribution in [-0.2, 0) is 78.4 Å². The van der Waals surface area contributed by atoms with E-state index in [1.165, 1.54) is 28.3 Å². The van der Waals surface area contributed by atoms with Crippen molar-refractivity contribution in [1.29, 1.82) is 0 Å². The molecule has 0 saturated carbocycles. The van der Waals surface area contributed by atoms with Gasteiger partial charge in [-0.3, -0.25) is 28.9 Å². The second kappa shape index (κ2) is 32.0. The summed E-state index contributed by atoms with van der Waals surface area (Å²) in [5.74, 6) is -2.84. The van der Waals surface area contributed by atoms with Gasteiger partial charge in [-0.2, -0.15) is 4.89 Å². The van der Waals surface area contributed by atoms with E-state index in [1.54, 1.807) is 34.6 Å². The van der Waals surface area contributed by atoms with Crippen molar-refractivity contribution in [3.63, 3.8) is 0 Å². The number of aliphatic hydroxyl groups is 1. The van der Waals surface area contributed by atoms with E-state index >= 15 is 0 Å². The van der Waals surface area contributed by atoms with Crippen LogP contribution >= 0.6 is 0 Å². The Morgan fingerprint density at radius 2 is 1.13 bits per heavy atom. The maximum Gasteiger partial charge on any atom is 0.350 e. The van der Waals surface area contributed by atoms with Crippen LogP contribution in [0.1, 0.15) is 148 Å². The Hall–Kier alpha value is -4.87.